The van der Waals surface area contributed by atoms with Crippen molar-refractivity contribution in [1.29, 1.82) is 0 Å². The summed E-state index contributed by atoms with van der Waals surface area (Å²) >= 11 is 3.42. The number of anilines is 1. The van der Waals surface area contributed by atoms with E-state index in [1.54, 1.807) is 24.3 Å². The molecule has 1 aromatic heterocycles. The number of hydrogen-bond donors (Lipinski definition) is 1. The Bertz CT molecular complexity index is 834. The van der Waals surface area contributed by atoms with Crippen molar-refractivity contribution in [1.82, 2.24) is 20.2 Å². The maximum atomic E-state index is 12.0. The third-order valence-electron chi connectivity index (χ3n) is 3.22. The first kappa shape index (κ1) is 16.1. The van der Waals surface area contributed by atoms with Crippen molar-refractivity contribution in [2.75, 3.05) is 11.9 Å². The molecule has 8 heteroatoms. The van der Waals surface area contributed by atoms with E-state index in [4.69, 9.17) is 4.74 Å². The zero-order valence-electron chi connectivity index (χ0n) is 12.8. The highest BCUT2D eigenvalue weighted by molar-refractivity contribution is 9.10. The largest absolute Gasteiger partial charge is 0.484 e. The van der Waals surface area contributed by atoms with Gasteiger partial charge in [-0.1, -0.05) is 6.07 Å². The van der Waals surface area contributed by atoms with Gasteiger partial charge in [-0.2, -0.15) is 0 Å². The van der Waals surface area contributed by atoms with Gasteiger partial charge < -0.3 is 10.1 Å². The lowest BCUT2D eigenvalue weighted by molar-refractivity contribution is -0.118. The van der Waals surface area contributed by atoms with Crippen LogP contribution in [0, 0.1) is 6.92 Å². The van der Waals surface area contributed by atoms with E-state index in [1.807, 2.05) is 25.1 Å². The second kappa shape index (κ2) is 7.22. The van der Waals surface area contributed by atoms with E-state index < -0.39 is 0 Å². The van der Waals surface area contributed by atoms with Crippen LogP contribution in [0.2, 0.25) is 0 Å². The van der Waals surface area contributed by atoms with Gasteiger partial charge in [-0.3, -0.25) is 4.79 Å². The number of rotatable bonds is 5. The Morgan fingerprint density at radius 2 is 2.04 bits per heavy atom. The summed E-state index contributed by atoms with van der Waals surface area (Å²) in [6, 6.07) is 12.8. The number of benzene rings is 2. The Kier molecular flexibility index (Phi) is 4.85. The van der Waals surface area contributed by atoms with Crippen LogP contribution in [0.4, 0.5) is 5.69 Å². The minimum absolute atomic E-state index is 0.0788. The molecule has 0 fully saturated rings. The van der Waals surface area contributed by atoms with Gasteiger partial charge in [0.1, 0.15) is 12.1 Å². The molecule has 0 saturated heterocycles. The molecule has 1 N–H and O–H groups in total. The first-order valence-corrected chi connectivity index (χ1v) is 7.93. The highest BCUT2D eigenvalue weighted by atomic mass is 79.9. The number of amides is 1. The fourth-order valence-corrected chi connectivity index (χ4v) is 2.62. The van der Waals surface area contributed by atoms with Crippen LogP contribution in [0.1, 0.15) is 5.56 Å². The van der Waals surface area contributed by atoms with Gasteiger partial charge in [0.25, 0.3) is 5.91 Å². The van der Waals surface area contributed by atoms with Crippen LogP contribution < -0.4 is 10.1 Å². The molecule has 0 spiro atoms. The zero-order chi connectivity index (χ0) is 16.9. The van der Waals surface area contributed by atoms with Crippen LogP contribution in [-0.4, -0.2) is 32.7 Å². The Morgan fingerprint density at radius 1 is 1.25 bits per heavy atom. The topological polar surface area (TPSA) is 81.9 Å². The summed E-state index contributed by atoms with van der Waals surface area (Å²) in [6.45, 7) is 1.91. The molecule has 3 rings (SSSR count). The highest BCUT2D eigenvalue weighted by Gasteiger charge is 2.07. The molecule has 3 aromatic rings. The summed E-state index contributed by atoms with van der Waals surface area (Å²) in [5, 5.41) is 13.8. The molecule has 0 aliphatic heterocycles. The van der Waals surface area contributed by atoms with Gasteiger partial charge in [-0.05, 0) is 75.2 Å². The quantitative estimate of drug-likeness (QED) is 0.727. The molecule has 0 aliphatic carbocycles. The average Bonchev–Trinajstić information content (AvgIpc) is 3.11. The fourth-order valence-electron chi connectivity index (χ4n) is 2.03. The number of halogens is 1. The van der Waals surface area contributed by atoms with Gasteiger partial charge in [-0.15, -0.1) is 5.10 Å². The van der Waals surface area contributed by atoms with Crippen LogP contribution in [0.25, 0.3) is 5.69 Å². The normalized spacial score (nSPS) is 10.4. The third kappa shape index (κ3) is 3.96. The van der Waals surface area contributed by atoms with Crippen molar-refractivity contribution < 1.29 is 9.53 Å². The molecule has 0 saturated carbocycles. The molecular weight excluding hydrogens is 374 g/mol. The van der Waals surface area contributed by atoms with E-state index in [-0.39, 0.29) is 12.5 Å². The minimum Gasteiger partial charge on any atom is -0.484 e. The number of carbonyl (C=O) groups excluding carboxylic acids is 1. The molecule has 0 radical (unpaired) electrons. The van der Waals surface area contributed by atoms with Crippen molar-refractivity contribution in [3.8, 4) is 11.4 Å². The Labute approximate surface area is 146 Å². The number of aryl methyl sites for hydroxylation is 1. The number of hydrogen-bond acceptors (Lipinski definition) is 5. The van der Waals surface area contributed by atoms with Crippen molar-refractivity contribution in [3.63, 3.8) is 0 Å². The molecule has 1 heterocycles. The smallest absolute Gasteiger partial charge is 0.262 e. The monoisotopic (exact) mass is 387 g/mol. The molecule has 0 bridgehead atoms. The second-order valence-corrected chi connectivity index (χ2v) is 5.92. The molecule has 0 aliphatic rings. The Balaban J connectivity index is 1.56. The molecule has 122 valence electrons. The summed E-state index contributed by atoms with van der Waals surface area (Å²) in [5.41, 5.74) is 2.63. The summed E-state index contributed by atoms with van der Waals surface area (Å²) in [7, 11) is 0. The lowest BCUT2D eigenvalue weighted by Crippen LogP contribution is -2.20. The number of nitrogens with one attached hydrogen (secondary N) is 1. The highest BCUT2D eigenvalue weighted by Crippen LogP contribution is 2.23. The average molecular weight is 388 g/mol. The summed E-state index contributed by atoms with van der Waals surface area (Å²) < 4.78 is 7.86. The predicted octanol–water partition coefficient (Wildman–Crippen LogP) is 2.75. The minimum atomic E-state index is -0.232. The van der Waals surface area contributed by atoms with Gasteiger partial charge in [0.2, 0.25) is 0 Å². The lowest BCUT2D eigenvalue weighted by atomic mass is 10.2. The number of tetrazole rings is 1. The third-order valence-corrected chi connectivity index (χ3v) is 3.87. The van der Waals surface area contributed by atoms with E-state index in [2.05, 4.69) is 36.8 Å². The Morgan fingerprint density at radius 3 is 2.71 bits per heavy atom. The van der Waals surface area contributed by atoms with Crippen LogP contribution in [-0.2, 0) is 4.79 Å². The molecule has 1 amide bonds. The van der Waals surface area contributed by atoms with E-state index in [9.17, 15) is 4.79 Å². The van der Waals surface area contributed by atoms with E-state index in [0.717, 1.165) is 15.7 Å². The van der Waals surface area contributed by atoms with Gasteiger partial charge in [0.05, 0.1) is 11.4 Å². The summed E-state index contributed by atoms with van der Waals surface area (Å²) in [5.74, 6) is 0.356. The van der Waals surface area contributed by atoms with Gasteiger partial charge >= 0.3 is 0 Å². The van der Waals surface area contributed by atoms with Crippen LogP contribution >= 0.6 is 15.9 Å². The van der Waals surface area contributed by atoms with E-state index in [0.29, 0.717) is 11.4 Å². The lowest BCUT2D eigenvalue weighted by Gasteiger charge is -2.10. The van der Waals surface area contributed by atoms with Crippen molar-refractivity contribution in [2.45, 2.75) is 6.92 Å². The maximum absolute atomic E-state index is 12.0. The van der Waals surface area contributed by atoms with Gasteiger partial charge in [0.15, 0.2) is 6.61 Å². The molecule has 0 atom stereocenters. The van der Waals surface area contributed by atoms with Gasteiger partial charge in [-0.25, -0.2) is 4.68 Å². The summed E-state index contributed by atoms with van der Waals surface area (Å²) in [4.78, 5) is 12.0. The van der Waals surface area contributed by atoms with Gasteiger partial charge in [0, 0.05) is 4.47 Å². The molecular formula is C16H14BrN5O2. The van der Waals surface area contributed by atoms with E-state index >= 15 is 0 Å². The predicted molar refractivity (Wildman–Crippen MR) is 92.2 cm³/mol. The number of carbonyl (C=O) groups is 1. The summed E-state index contributed by atoms with van der Waals surface area (Å²) in [6.07, 6.45) is 1.50. The first-order valence-electron chi connectivity index (χ1n) is 7.14. The number of aromatic nitrogens is 4. The number of ether oxygens (including phenoxy) is 1. The van der Waals surface area contributed by atoms with Crippen LogP contribution in [0.3, 0.4) is 0 Å². The second-order valence-electron chi connectivity index (χ2n) is 5.07. The van der Waals surface area contributed by atoms with Crippen LogP contribution in [0.5, 0.6) is 5.75 Å². The Hall–Kier alpha value is -2.74. The SMILES string of the molecule is Cc1ccc(NC(=O)COc2ccc(-n3cnnn3)cc2)c(Br)c1. The molecule has 7 nitrogen and oxygen atoms in total. The molecule has 2 aromatic carbocycles. The molecule has 0 unspecified atom stereocenters. The fraction of sp³-hybridized carbons (Fsp3) is 0.125. The standard InChI is InChI=1S/C16H14BrN5O2/c1-11-2-7-15(14(17)8-11)19-16(23)9-24-13-5-3-12(4-6-13)22-10-18-20-21-22/h2-8,10H,9H2,1H3,(H,19,23). The molecule has 24 heavy (non-hydrogen) atoms. The van der Waals surface area contributed by atoms with Crippen molar-refractivity contribution in [3.05, 3.63) is 58.8 Å². The van der Waals surface area contributed by atoms with Crippen molar-refractivity contribution >= 4 is 27.5 Å². The first-order chi connectivity index (χ1) is 11.6. The number of nitrogens with zero attached hydrogens (tertiary/aromatic N) is 4. The zero-order valence-corrected chi connectivity index (χ0v) is 14.4. The van der Waals surface area contributed by atoms with Crippen LogP contribution in [0.15, 0.2) is 53.3 Å². The van der Waals surface area contributed by atoms with Crippen molar-refractivity contribution in [2.24, 2.45) is 0 Å². The van der Waals surface area contributed by atoms with E-state index in [1.165, 1.54) is 11.0 Å². The maximum Gasteiger partial charge on any atom is 0.262 e.